The molecule has 1 atom stereocenters. The van der Waals surface area contributed by atoms with Crippen molar-refractivity contribution < 1.29 is 13.2 Å². The molecule has 2 aliphatic heterocycles. The van der Waals surface area contributed by atoms with Crippen molar-refractivity contribution in [3.8, 4) is 0 Å². The van der Waals surface area contributed by atoms with Gasteiger partial charge in [-0.05, 0) is 25.7 Å². The summed E-state index contributed by atoms with van der Waals surface area (Å²) >= 11 is 0. The third kappa shape index (κ3) is 2.91. The number of carbonyl (C=O) groups is 1. The standard InChI is InChI=1S/C11H20N2O3S/c1-12(10-5-8-17(15,16)9-10)11(14)13-6-3-2-4-7-13/h10H,2-9H2,1H3. The Balaban J connectivity index is 1.95. The van der Waals surface area contributed by atoms with Gasteiger partial charge in [0, 0.05) is 26.2 Å². The summed E-state index contributed by atoms with van der Waals surface area (Å²) in [6.07, 6.45) is 3.88. The molecule has 0 aromatic heterocycles. The second-order valence-electron chi connectivity index (χ2n) is 5.00. The van der Waals surface area contributed by atoms with E-state index in [1.807, 2.05) is 4.90 Å². The van der Waals surface area contributed by atoms with Crippen molar-refractivity contribution in [2.24, 2.45) is 0 Å². The highest BCUT2D eigenvalue weighted by Gasteiger charge is 2.34. The second kappa shape index (κ2) is 4.84. The van der Waals surface area contributed by atoms with Crippen molar-refractivity contribution in [3.63, 3.8) is 0 Å². The number of urea groups is 1. The molecule has 1 unspecified atom stereocenters. The fraction of sp³-hybridized carbons (Fsp3) is 0.909. The Morgan fingerprint density at radius 2 is 1.88 bits per heavy atom. The molecule has 2 rings (SSSR count). The number of piperidine rings is 1. The van der Waals surface area contributed by atoms with Gasteiger partial charge in [-0.1, -0.05) is 0 Å². The third-order valence-corrected chi connectivity index (χ3v) is 5.43. The van der Waals surface area contributed by atoms with Crippen molar-refractivity contribution >= 4 is 15.9 Å². The Hall–Kier alpha value is -0.780. The van der Waals surface area contributed by atoms with E-state index in [0.29, 0.717) is 6.42 Å². The Bertz CT molecular complexity index is 388. The zero-order valence-electron chi connectivity index (χ0n) is 10.3. The molecule has 2 fully saturated rings. The van der Waals surface area contributed by atoms with Gasteiger partial charge in [-0.2, -0.15) is 0 Å². The number of rotatable bonds is 1. The Morgan fingerprint density at radius 3 is 2.41 bits per heavy atom. The Labute approximate surface area is 103 Å². The van der Waals surface area contributed by atoms with E-state index < -0.39 is 9.84 Å². The molecule has 0 bridgehead atoms. The average molecular weight is 260 g/mol. The van der Waals surface area contributed by atoms with E-state index in [1.165, 1.54) is 6.42 Å². The fourth-order valence-corrected chi connectivity index (χ4v) is 4.32. The number of amides is 2. The molecule has 0 aromatic carbocycles. The van der Waals surface area contributed by atoms with Gasteiger partial charge in [-0.3, -0.25) is 0 Å². The zero-order chi connectivity index (χ0) is 12.5. The minimum atomic E-state index is -2.92. The first kappa shape index (κ1) is 12.7. The van der Waals surface area contributed by atoms with E-state index in [1.54, 1.807) is 11.9 Å². The van der Waals surface area contributed by atoms with Gasteiger partial charge in [0.05, 0.1) is 11.5 Å². The Kier molecular flexibility index (Phi) is 3.61. The lowest BCUT2D eigenvalue weighted by Crippen LogP contribution is -2.48. The molecular weight excluding hydrogens is 240 g/mol. The van der Waals surface area contributed by atoms with Crippen LogP contribution >= 0.6 is 0 Å². The van der Waals surface area contributed by atoms with Gasteiger partial charge >= 0.3 is 6.03 Å². The fourth-order valence-electron chi connectivity index (χ4n) is 2.55. The molecule has 2 heterocycles. The lowest BCUT2D eigenvalue weighted by molar-refractivity contribution is 0.141. The molecule has 0 aliphatic carbocycles. The van der Waals surface area contributed by atoms with Crippen LogP contribution < -0.4 is 0 Å². The highest BCUT2D eigenvalue weighted by molar-refractivity contribution is 7.91. The van der Waals surface area contributed by atoms with E-state index >= 15 is 0 Å². The molecule has 98 valence electrons. The highest BCUT2D eigenvalue weighted by Crippen LogP contribution is 2.19. The molecular formula is C11H20N2O3S. The maximum atomic E-state index is 12.2. The van der Waals surface area contributed by atoms with Crippen molar-refractivity contribution in [2.45, 2.75) is 31.7 Å². The predicted molar refractivity (Wildman–Crippen MR) is 65.6 cm³/mol. The Morgan fingerprint density at radius 1 is 1.24 bits per heavy atom. The first-order chi connectivity index (χ1) is 7.99. The van der Waals surface area contributed by atoms with Crippen LogP contribution in [-0.2, 0) is 9.84 Å². The summed E-state index contributed by atoms with van der Waals surface area (Å²) in [5.74, 6) is 0.346. The summed E-state index contributed by atoms with van der Waals surface area (Å²) in [6.45, 7) is 1.62. The van der Waals surface area contributed by atoms with E-state index in [9.17, 15) is 13.2 Å². The normalized spacial score (nSPS) is 28.1. The number of likely N-dealkylation sites (tertiary alicyclic amines) is 1. The van der Waals surface area contributed by atoms with E-state index in [0.717, 1.165) is 25.9 Å². The summed E-state index contributed by atoms with van der Waals surface area (Å²) < 4.78 is 22.8. The topological polar surface area (TPSA) is 57.7 Å². The molecule has 0 radical (unpaired) electrons. The van der Waals surface area contributed by atoms with Crippen LogP contribution in [-0.4, -0.2) is 61.9 Å². The highest BCUT2D eigenvalue weighted by atomic mass is 32.2. The maximum Gasteiger partial charge on any atom is 0.320 e. The predicted octanol–water partition coefficient (Wildman–Crippen LogP) is 0.711. The maximum absolute atomic E-state index is 12.2. The first-order valence-electron chi connectivity index (χ1n) is 6.22. The van der Waals surface area contributed by atoms with Crippen LogP contribution in [0.15, 0.2) is 0 Å². The number of sulfone groups is 1. The van der Waals surface area contributed by atoms with E-state index in [4.69, 9.17) is 0 Å². The molecule has 0 N–H and O–H groups in total. The monoisotopic (exact) mass is 260 g/mol. The van der Waals surface area contributed by atoms with Crippen LogP contribution in [0, 0.1) is 0 Å². The van der Waals surface area contributed by atoms with Gasteiger partial charge in [0.25, 0.3) is 0 Å². The van der Waals surface area contributed by atoms with Crippen LogP contribution in [0.4, 0.5) is 4.79 Å². The van der Waals surface area contributed by atoms with E-state index in [2.05, 4.69) is 0 Å². The lowest BCUT2D eigenvalue weighted by atomic mass is 10.1. The first-order valence-corrected chi connectivity index (χ1v) is 8.04. The summed E-state index contributed by atoms with van der Waals surface area (Å²) in [7, 11) is -1.19. The lowest BCUT2D eigenvalue weighted by Gasteiger charge is -2.33. The van der Waals surface area contributed by atoms with Crippen molar-refractivity contribution in [3.05, 3.63) is 0 Å². The van der Waals surface area contributed by atoms with Gasteiger partial charge in [0.1, 0.15) is 0 Å². The quantitative estimate of drug-likeness (QED) is 0.697. The van der Waals surface area contributed by atoms with Gasteiger partial charge < -0.3 is 9.80 Å². The summed E-state index contributed by atoms with van der Waals surface area (Å²) in [4.78, 5) is 15.6. The molecule has 0 saturated carbocycles. The van der Waals surface area contributed by atoms with E-state index in [-0.39, 0.29) is 23.6 Å². The summed E-state index contributed by atoms with van der Waals surface area (Å²) in [5, 5.41) is 0. The van der Waals surface area contributed by atoms with Crippen LogP contribution in [0.1, 0.15) is 25.7 Å². The SMILES string of the molecule is CN(C(=O)N1CCCCC1)C1CCS(=O)(=O)C1. The smallest absolute Gasteiger partial charge is 0.320 e. The summed E-state index contributed by atoms with van der Waals surface area (Å²) in [5.41, 5.74) is 0. The molecule has 5 nitrogen and oxygen atoms in total. The van der Waals surface area contributed by atoms with Gasteiger partial charge in [-0.15, -0.1) is 0 Å². The van der Waals surface area contributed by atoms with Gasteiger partial charge in [0.2, 0.25) is 0 Å². The largest absolute Gasteiger partial charge is 0.325 e. The number of nitrogens with zero attached hydrogens (tertiary/aromatic N) is 2. The average Bonchev–Trinajstić information content (AvgIpc) is 2.69. The number of carbonyl (C=O) groups excluding carboxylic acids is 1. The minimum Gasteiger partial charge on any atom is -0.325 e. The molecule has 0 aromatic rings. The molecule has 0 spiro atoms. The van der Waals surface area contributed by atoms with Crippen LogP contribution in [0.3, 0.4) is 0 Å². The molecule has 6 heteroatoms. The number of hydrogen-bond acceptors (Lipinski definition) is 3. The minimum absolute atomic E-state index is 0.00759. The second-order valence-corrected chi connectivity index (χ2v) is 7.23. The van der Waals surface area contributed by atoms with Crippen molar-refractivity contribution in [1.29, 1.82) is 0 Å². The van der Waals surface area contributed by atoms with Crippen molar-refractivity contribution in [1.82, 2.24) is 9.80 Å². The van der Waals surface area contributed by atoms with Crippen LogP contribution in [0.25, 0.3) is 0 Å². The van der Waals surface area contributed by atoms with Crippen LogP contribution in [0.2, 0.25) is 0 Å². The molecule has 17 heavy (non-hydrogen) atoms. The third-order valence-electron chi connectivity index (χ3n) is 3.68. The summed E-state index contributed by atoms with van der Waals surface area (Å²) in [6, 6.07) is -0.138. The number of hydrogen-bond donors (Lipinski definition) is 0. The van der Waals surface area contributed by atoms with Crippen molar-refractivity contribution in [2.75, 3.05) is 31.6 Å². The van der Waals surface area contributed by atoms with Crippen LogP contribution in [0.5, 0.6) is 0 Å². The van der Waals surface area contributed by atoms with Gasteiger partial charge in [-0.25, -0.2) is 13.2 Å². The molecule has 2 aliphatic rings. The zero-order valence-corrected chi connectivity index (χ0v) is 11.1. The molecule has 2 saturated heterocycles. The molecule has 2 amide bonds. The van der Waals surface area contributed by atoms with Gasteiger partial charge in [0.15, 0.2) is 9.84 Å².